The fraction of sp³-hybridized carbons (Fsp3) is 0.583. The van der Waals surface area contributed by atoms with Crippen LogP contribution in [-0.2, 0) is 20.0 Å². The van der Waals surface area contributed by atoms with Gasteiger partial charge >= 0.3 is 0 Å². The summed E-state index contributed by atoms with van der Waals surface area (Å²) >= 11 is 0. The Hall–Kier alpha value is -2.05. The predicted octanol–water partition coefficient (Wildman–Crippen LogP) is 0.967. The molecular weight excluding hydrogens is 242 g/mol. The molecule has 7 nitrogen and oxygen atoms in total. The number of nitrogens with one attached hydrogen (secondary N) is 1. The summed E-state index contributed by atoms with van der Waals surface area (Å²) < 4.78 is 3.63. The van der Waals surface area contributed by atoms with E-state index in [1.807, 2.05) is 18.7 Å². The largest absolute Gasteiger partial charge is 0.394 e. The second kappa shape index (κ2) is 5.73. The van der Waals surface area contributed by atoms with E-state index in [1.54, 1.807) is 11.0 Å². The van der Waals surface area contributed by atoms with Gasteiger partial charge in [-0.05, 0) is 13.3 Å². The van der Waals surface area contributed by atoms with Crippen molar-refractivity contribution in [1.82, 2.24) is 24.5 Å². The number of anilines is 2. The molecule has 0 fully saturated rings. The van der Waals surface area contributed by atoms with Crippen LogP contribution in [0.25, 0.3) is 0 Å². The first-order valence-corrected chi connectivity index (χ1v) is 6.53. The SMILES string of the molecule is CCCn1nc(C)c(N)c1NCCc1ncn(C)n1. The lowest BCUT2D eigenvalue weighted by Crippen LogP contribution is -2.12. The minimum absolute atomic E-state index is 0.724. The van der Waals surface area contributed by atoms with Crippen molar-refractivity contribution < 1.29 is 0 Å². The Morgan fingerprint density at radius 2 is 2.16 bits per heavy atom. The van der Waals surface area contributed by atoms with E-state index in [0.29, 0.717) is 0 Å². The Morgan fingerprint density at radius 3 is 2.79 bits per heavy atom. The molecule has 0 unspecified atom stereocenters. The van der Waals surface area contributed by atoms with Gasteiger partial charge < -0.3 is 11.1 Å². The van der Waals surface area contributed by atoms with Crippen LogP contribution in [0.5, 0.6) is 0 Å². The molecule has 0 spiro atoms. The fourth-order valence-electron chi connectivity index (χ4n) is 1.95. The molecule has 0 aliphatic heterocycles. The quantitative estimate of drug-likeness (QED) is 0.811. The molecule has 0 atom stereocenters. The van der Waals surface area contributed by atoms with Crippen LogP contribution in [0, 0.1) is 6.92 Å². The zero-order chi connectivity index (χ0) is 13.8. The van der Waals surface area contributed by atoms with Crippen LogP contribution in [0.15, 0.2) is 6.33 Å². The van der Waals surface area contributed by atoms with Gasteiger partial charge in [0.1, 0.15) is 12.1 Å². The van der Waals surface area contributed by atoms with E-state index >= 15 is 0 Å². The summed E-state index contributed by atoms with van der Waals surface area (Å²) in [5.41, 5.74) is 7.63. The van der Waals surface area contributed by atoms with E-state index in [9.17, 15) is 0 Å². The van der Waals surface area contributed by atoms with Crippen molar-refractivity contribution in [1.29, 1.82) is 0 Å². The third kappa shape index (κ3) is 3.04. The molecule has 0 amide bonds. The van der Waals surface area contributed by atoms with Crippen molar-refractivity contribution in [3.63, 3.8) is 0 Å². The van der Waals surface area contributed by atoms with Crippen LogP contribution in [0.1, 0.15) is 24.9 Å². The highest BCUT2D eigenvalue weighted by atomic mass is 15.3. The van der Waals surface area contributed by atoms with Gasteiger partial charge in [-0.15, -0.1) is 0 Å². The first-order chi connectivity index (χ1) is 9.11. The molecule has 7 heteroatoms. The molecular formula is C12H21N7. The molecule has 0 radical (unpaired) electrons. The van der Waals surface area contributed by atoms with E-state index in [1.165, 1.54) is 0 Å². The van der Waals surface area contributed by atoms with E-state index in [0.717, 1.165) is 49.0 Å². The Kier molecular flexibility index (Phi) is 4.03. The highest BCUT2D eigenvalue weighted by Gasteiger charge is 2.11. The molecule has 0 aliphatic carbocycles. The second-order valence-electron chi connectivity index (χ2n) is 4.58. The zero-order valence-corrected chi connectivity index (χ0v) is 11.7. The van der Waals surface area contributed by atoms with E-state index in [2.05, 4.69) is 27.4 Å². The minimum atomic E-state index is 0.724. The average Bonchev–Trinajstić information content (AvgIpc) is 2.89. The third-order valence-electron chi connectivity index (χ3n) is 2.90. The normalized spacial score (nSPS) is 10.9. The van der Waals surface area contributed by atoms with Crippen molar-refractivity contribution in [3.8, 4) is 0 Å². The van der Waals surface area contributed by atoms with Crippen LogP contribution >= 0.6 is 0 Å². The fourth-order valence-corrected chi connectivity index (χ4v) is 1.95. The van der Waals surface area contributed by atoms with Crippen LogP contribution in [0.4, 0.5) is 11.5 Å². The molecule has 104 valence electrons. The second-order valence-corrected chi connectivity index (χ2v) is 4.58. The first kappa shape index (κ1) is 13.4. The van der Waals surface area contributed by atoms with Gasteiger partial charge in [-0.2, -0.15) is 10.2 Å². The summed E-state index contributed by atoms with van der Waals surface area (Å²) in [6, 6.07) is 0. The van der Waals surface area contributed by atoms with Crippen LogP contribution < -0.4 is 11.1 Å². The van der Waals surface area contributed by atoms with Crippen molar-refractivity contribution in [2.75, 3.05) is 17.6 Å². The van der Waals surface area contributed by atoms with E-state index in [-0.39, 0.29) is 0 Å². The van der Waals surface area contributed by atoms with Crippen molar-refractivity contribution in [2.45, 2.75) is 33.2 Å². The predicted molar refractivity (Wildman–Crippen MR) is 74.9 cm³/mol. The Balaban J connectivity index is 1.98. The number of hydrogen-bond donors (Lipinski definition) is 2. The molecule has 2 aromatic heterocycles. The summed E-state index contributed by atoms with van der Waals surface area (Å²) in [5, 5.41) is 12.0. The van der Waals surface area contributed by atoms with Crippen molar-refractivity contribution >= 4 is 11.5 Å². The lowest BCUT2D eigenvalue weighted by molar-refractivity contribution is 0.602. The number of aryl methyl sites for hydroxylation is 3. The monoisotopic (exact) mass is 263 g/mol. The lowest BCUT2D eigenvalue weighted by atomic mass is 10.3. The molecule has 3 N–H and O–H groups in total. The summed E-state index contributed by atoms with van der Waals surface area (Å²) in [6.45, 7) is 5.65. The van der Waals surface area contributed by atoms with Gasteiger partial charge in [-0.25, -0.2) is 9.67 Å². The topological polar surface area (TPSA) is 86.6 Å². The molecule has 0 bridgehead atoms. The smallest absolute Gasteiger partial charge is 0.152 e. The number of rotatable bonds is 6. The maximum absolute atomic E-state index is 6.04. The van der Waals surface area contributed by atoms with E-state index < -0.39 is 0 Å². The molecule has 0 aromatic carbocycles. The Labute approximate surface area is 112 Å². The number of aromatic nitrogens is 5. The number of nitrogen functional groups attached to an aromatic ring is 1. The highest BCUT2D eigenvalue weighted by Crippen LogP contribution is 2.22. The van der Waals surface area contributed by atoms with Gasteiger partial charge in [0.2, 0.25) is 0 Å². The highest BCUT2D eigenvalue weighted by molar-refractivity contribution is 5.64. The molecule has 2 heterocycles. The number of hydrogen-bond acceptors (Lipinski definition) is 5. The number of nitrogens with two attached hydrogens (primary N) is 1. The third-order valence-corrected chi connectivity index (χ3v) is 2.90. The molecule has 2 rings (SSSR count). The molecule has 0 saturated carbocycles. The standard InChI is InChI=1S/C12H21N7/c1-4-7-19-12(11(13)9(2)16-19)14-6-5-10-15-8-18(3)17-10/h8,14H,4-7,13H2,1-3H3. The van der Waals surface area contributed by atoms with Crippen molar-refractivity contribution in [3.05, 3.63) is 17.8 Å². The van der Waals surface area contributed by atoms with Gasteiger partial charge in [-0.3, -0.25) is 4.68 Å². The zero-order valence-electron chi connectivity index (χ0n) is 11.7. The Bertz CT molecular complexity index is 540. The van der Waals surface area contributed by atoms with Crippen molar-refractivity contribution in [2.24, 2.45) is 7.05 Å². The van der Waals surface area contributed by atoms with Gasteiger partial charge in [0.15, 0.2) is 5.82 Å². The first-order valence-electron chi connectivity index (χ1n) is 6.53. The van der Waals surface area contributed by atoms with Gasteiger partial charge in [0.05, 0.1) is 11.4 Å². The van der Waals surface area contributed by atoms with Gasteiger partial charge in [0, 0.05) is 26.6 Å². The summed E-state index contributed by atoms with van der Waals surface area (Å²) in [7, 11) is 1.86. The van der Waals surface area contributed by atoms with Crippen LogP contribution in [0.2, 0.25) is 0 Å². The molecule has 0 saturated heterocycles. The molecule has 2 aromatic rings. The lowest BCUT2D eigenvalue weighted by Gasteiger charge is -2.09. The van der Waals surface area contributed by atoms with Gasteiger partial charge in [-0.1, -0.05) is 6.92 Å². The minimum Gasteiger partial charge on any atom is -0.394 e. The average molecular weight is 263 g/mol. The molecule has 19 heavy (non-hydrogen) atoms. The number of nitrogens with zero attached hydrogens (tertiary/aromatic N) is 5. The Morgan fingerprint density at radius 1 is 1.37 bits per heavy atom. The maximum atomic E-state index is 6.04. The van der Waals surface area contributed by atoms with Crippen LogP contribution in [0.3, 0.4) is 0 Å². The molecule has 0 aliphatic rings. The maximum Gasteiger partial charge on any atom is 0.152 e. The van der Waals surface area contributed by atoms with E-state index in [4.69, 9.17) is 5.73 Å². The summed E-state index contributed by atoms with van der Waals surface area (Å²) in [5.74, 6) is 1.72. The van der Waals surface area contributed by atoms with Crippen LogP contribution in [-0.4, -0.2) is 31.1 Å². The summed E-state index contributed by atoms with van der Waals surface area (Å²) in [6.07, 6.45) is 3.49. The summed E-state index contributed by atoms with van der Waals surface area (Å²) in [4.78, 5) is 4.19. The van der Waals surface area contributed by atoms with Gasteiger partial charge in [0.25, 0.3) is 0 Å².